The van der Waals surface area contributed by atoms with Crippen molar-refractivity contribution in [2.75, 3.05) is 7.11 Å². The zero-order valence-electron chi connectivity index (χ0n) is 11.9. The largest absolute Gasteiger partial charge is 0.497 e. The first-order valence-electron chi connectivity index (χ1n) is 7.01. The molecule has 0 aliphatic heterocycles. The molecule has 0 saturated carbocycles. The van der Waals surface area contributed by atoms with Gasteiger partial charge in [0.15, 0.2) is 5.78 Å². The van der Waals surface area contributed by atoms with E-state index in [0.717, 1.165) is 24.3 Å². The molecule has 3 rings (SSSR count). The number of ether oxygens (including phenoxy) is 1. The molecule has 3 heteroatoms. The number of benzene rings is 1. The van der Waals surface area contributed by atoms with Crippen molar-refractivity contribution in [3.05, 3.63) is 53.3 Å². The van der Waals surface area contributed by atoms with Gasteiger partial charge in [-0.15, -0.1) is 0 Å². The Morgan fingerprint density at radius 1 is 1.20 bits per heavy atom. The SMILES string of the molecule is COc1ccc(Cn2ccc3c2CC(C)CC3=O)cc1. The Kier molecular flexibility index (Phi) is 3.35. The molecule has 3 nitrogen and oxygen atoms in total. The van der Waals surface area contributed by atoms with Crippen LogP contribution < -0.4 is 4.74 Å². The van der Waals surface area contributed by atoms with Crippen molar-refractivity contribution in [3.8, 4) is 5.75 Å². The van der Waals surface area contributed by atoms with Crippen molar-refractivity contribution in [1.82, 2.24) is 4.57 Å². The van der Waals surface area contributed by atoms with Crippen LogP contribution in [0.25, 0.3) is 0 Å². The Balaban J connectivity index is 1.86. The first-order valence-corrected chi connectivity index (χ1v) is 7.01. The first-order chi connectivity index (χ1) is 9.67. The summed E-state index contributed by atoms with van der Waals surface area (Å²) in [6, 6.07) is 10.0. The minimum Gasteiger partial charge on any atom is -0.497 e. The molecule has 0 N–H and O–H groups in total. The van der Waals surface area contributed by atoms with Gasteiger partial charge in [-0.2, -0.15) is 0 Å². The Hall–Kier alpha value is -2.03. The summed E-state index contributed by atoms with van der Waals surface area (Å²) in [7, 11) is 1.67. The fourth-order valence-corrected chi connectivity index (χ4v) is 2.89. The van der Waals surface area contributed by atoms with Gasteiger partial charge >= 0.3 is 0 Å². The molecule has 1 aromatic heterocycles. The van der Waals surface area contributed by atoms with Crippen LogP contribution in [0.1, 0.15) is 35.0 Å². The maximum absolute atomic E-state index is 12.0. The number of hydrogen-bond donors (Lipinski definition) is 0. The Morgan fingerprint density at radius 3 is 2.65 bits per heavy atom. The van der Waals surface area contributed by atoms with Gasteiger partial charge < -0.3 is 9.30 Å². The molecular formula is C17H19NO2. The van der Waals surface area contributed by atoms with Crippen LogP contribution >= 0.6 is 0 Å². The van der Waals surface area contributed by atoms with E-state index in [1.807, 2.05) is 24.4 Å². The molecule has 0 radical (unpaired) electrons. The third kappa shape index (κ3) is 2.36. The van der Waals surface area contributed by atoms with E-state index in [2.05, 4.69) is 23.6 Å². The van der Waals surface area contributed by atoms with Crippen molar-refractivity contribution in [3.63, 3.8) is 0 Å². The number of rotatable bonds is 3. The molecule has 104 valence electrons. The lowest BCUT2D eigenvalue weighted by molar-refractivity contribution is 0.0952. The number of carbonyl (C=O) groups excluding carboxylic acids is 1. The predicted octanol–water partition coefficient (Wildman–Crippen LogP) is 3.31. The van der Waals surface area contributed by atoms with E-state index in [4.69, 9.17) is 4.74 Å². The summed E-state index contributed by atoms with van der Waals surface area (Å²) < 4.78 is 7.37. The summed E-state index contributed by atoms with van der Waals surface area (Å²) in [5, 5.41) is 0. The molecule has 0 spiro atoms. The van der Waals surface area contributed by atoms with Gasteiger partial charge in [0.25, 0.3) is 0 Å². The summed E-state index contributed by atoms with van der Waals surface area (Å²) in [6.07, 6.45) is 3.70. The zero-order valence-corrected chi connectivity index (χ0v) is 11.9. The monoisotopic (exact) mass is 269 g/mol. The van der Waals surface area contributed by atoms with Crippen molar-refractivity contribution in [1.29, 1.82) is 0 Å². The molecule has 2 aromatic rings. The lowest BCUT2D eigenvalue weighted by atomic mass is 9.88. The molecule has 0 fully saturated rings. The van der Waals surface area contributed by atoms with Crippen molar-refractivity contribution in [2.24, 2.45) is 5.92 Å². The average molecular weight is 269 g/mol. The number of ketones is 1. The molecule has 0 amide bonds. The molecule has 1 heterocycles. The van der Waals surface area contributed by atoms with Crippen LogP contribution in [-0.4, -0.2) is 17.5 Å². The highest BCUT2D eigenvalue weighted by Gasteiger charge is 2.25. The molecule has 1 atom stereocenters. The van der Waals surface area contributed by atoms with E-state index >= 15 is 0 Å². The van der Waals surface area contributed by atoms with E-state index in [0.29, 0.717) is 12.3 Å². The highest BCUT2D eigenvalue weighted by molar-refractivity contribution is 5.98. The maximum Gasteiger partial charge on any atom is 0.164 e. The number of fused-ring (bicyclic) bond motifs is 1. The number of Topliss-reactive ketones (excluding diaryl/α,β-unsaturated/α-hetero) is 1. The van der Waals surface area contributed by atoms with E-state index in [-0.39, 0.29) is 5.78 Å². The van der Waals surface area contributed by atoms with Crippen molar-refractivity contribution in [2.45, 2.75) is 26.3 Å². The standard InChI is InChI=1S/C17H19NO2/c1-12-9-16-15(17(19)10-12)7-8-18(16)11-13-3-5-14(20-2)6-4-13/h3-8,12H,9-11H2,1-2H3. The minimum absolute atomic E-state index is 0.284. The van der Waals surface area contributed by atoms with Crippen LogP contribution in [0.15, 0.2) is 36.5 Å². The van der Waals surface area contributed by atoms with Crippen LogP contribution in [-0.2, 0) is 13.0 Å². The van der Waals surface area contributed by atoms with Gasteiger partial charge in [-0.25, -0.2) is 0 Å². The van der Waals surface area contributed by atoms with Gasteiger partial charge in [-0.3, -0.25) is 4.79 Å². The van der Waals surface area contributed by atoms with Gasteiger partial charge in [0.2, 0.25) is 0 Å². The lowest BCUT2D eigenvalue weighted by Gasteiger charge is -2.20. The highest BCUT2D eigenvalue weighted by atomic mass is 16.5. The summed E-state index contributed by atoms with van der Waals surface area (Å²) >= 11 is 0. The van der Waals surface area contributed by atoms with E-state index in [1.54, 1.807) is 7.11 Å². The van der Waals surface area contributed by atoms with Crippen molar-refractivity contribution >= 4 is 5.78 Å². The van der Waals surface area contributed by atoms with Gasteiger partial charge in [-0.1, -0.05) is 19.1 Å². The summed E-state index contributed by atoms with van der Waals surface area (Å²) in [4.78, 5) is 12.0. The normalized spacial score (nSPS) is 17.9. The number of hydrogen-bond acceptors (Lipinski definition) is 2. The topological polar surface area (TPSA) is 31.2 Å². The summed E-state index contributed by atoms with van der Waals surface area (Å²) in [6.45, 7) is 2.95. The highest BCUT2D eigenvalue weighted by Crippen LogP contribution is 2.27. The number of carbonyl (C=O) groups is 1. The van der Waals surface area contributed by atoms with Crippen LogP contribution in [0.2, 0.25) is 0 Å². The Bertz CT molecular complexity index is 625. The zero-order chi connectivity index (χ0) is 14.1. The van der Waals surface area contributed by atoms with Gasteiger partial charge in [0, 0.05) is 30.4 Å². The van der Waals surface area contributed by atoms with Crippen LogP contribution in [0.4, 0.5) is 0 Å². The van der Waals surface area contributed by atoms with Crippen LogP contribution in [0, 0.1) is 5.92 Å². The molecule has 0 saturated heterocycles. The second kappa shape index (κ2) is 5.16. The molecule has 0 bridgehead atoms. The maximum atomic E-state index is 12.0. The molecule has 1 unspecified atom stereocenters. The third-order valence-electron chi connectivity index (χ3n) is 3.97. The van der Waals surface area contributed by atoms with E-state index in [1.165, 1.54) is 11.3 Å². The fourth-order valence-electron chi connectivity index (χ4n) is 2.89. The average Bonchev–Trinajstić information content (AvgIpc) is 2.83. The third-order valence-corrected chi connectivity index (χ3v) is 3.97. The minimum atomic E-state index is 0.284. The fraction of sp³-hybridized carbons (Fsp3) is 0.353. The Labute approximate surface area is 119 Å². The smallest absolute Gasteiger partial charge is 0.164 e. The van der Waals surface area contributed by atoms with Crippen LogP contribution in [0.3, 0.4) is 0 Å². The number of nitrogens with zero attached hydrogens (tertiary/aromatic N) is 1. The Morgan fingerprint density at radius 2 is 1.95 bits per heavy atom. The predicted molar refractivity (Wildman–Crippen MR) is 78.3 cm³/mol. The van der Waals surface area contributed by atoms with E-state index < -0.39 is 0 Å². The molecule has 1 aliphatic carbocycles. The number of aromatic nitrogens is 1. The molecular weight excluding hydrogens is 250 g/mol. The van der Waals surface area contributed by atoms with Gasteiger partial charge in [0.05, 0.1) is 7.11 Å². The van der Waals surface area contributed by atoms with Gasteiger partial charge in [0.1, 0.15) is 5.75 Å². The number of methoxy groups -OCH3 is 1. The summed E-state index contributed by atoms with van der Waals surface area (Å²) in [5.74, 6) is 1.60. The van der Waals surface area contributed by atoms with Gasteiger partial charge in [-0.05, 0) is 36.1 Å². The quantitative estimate of drug-likeness (QED) is 0.856. The lowest BCUT2D eigenvalue weighted by Crippen LogP contribution is -2.19. The second-order valence-corrected chi connectivity index (χ2v) is 5.59. The molecule has 1 aromatic carbocycles. The van der Waals surface area contributed by atoms with Crippen LogP contribution in [0.5, 0.6) is 5.75 Å². The molecule has 20 heavy (non-hydrogen) atoms. The molecule has 1 aliphatic rings. The summed E-state index contributed by atoms with van der Waals surface area (Å²) in [5.41, 5.74) is 3.32. The second-order valence-electron chi connectivity index (χ2n) is 5.59. The first kappa shape index (κ1) is 13.0. The van der Waals surface area contributed by atoms with E-state index in [9.17, 15) is 4.79 Å². The van der Waals surface area contributed by atoms with Crippen molar-refractivity contribution < 1.29 is 9.53 Å².